The molecule has 1 fully saturated rings. The van der Waals surface area contributed by atoms with E-state index >= 15 is 0 Å². The fraction of sp³-hybridized carbons (Fsp3) is 0.350. The Hall–Kier alpha value is -1.50. The lowest BCUT2D eigenvalue weighted by Gasteiger charge is -2.36. The molecule has 2 aromatic carbocycles. The van der Waals surface area contributed by atoms with Gasteiger partial charge in [-0.05, 0) is 59.1 Å². The average Bonchev–Trinajstić information content (AvgIpc) is 2.68. The summed E-state index contributed by atoms with van der Waals surface area (Å²) in [5.41, 5.74) is 0.580. The molecule has 0 bridgehead atoms. The van der Waals surface area contributed by atoms with Crippen molar-refractivity contribution in [1.82, 2.24) is 5.32 Å². The van der Waals surface area contributed by atoms with E-state index in [0.29, 0.717) is 17.9 Å². The van der Waals surface area contributed by atoms with Gasteiger partial charge in [0.2, 0.25) is 0 Å². The van der Waals surface area contributed by atoms with Crippen LogP contribution >= 0.6 is 27.7 Å². The van der Waals surface area contributed by atoms with Gasteiger partial charge in [-0.15, -0.1) is 11.8 Å². The largest absolute Gasteiger partial charge is 0.497 e. The van der Waals surface area contributed by atoms with Gasteiger partial charge in [0.05, 0.1) is 12.7 Å². The van der Waals surface area contributed by atoms with E-state index in [9.17, 15) is 4.79 Å². The van der Waals surface area contributed by atoms with E-state index in [4.69, 9.17) is 9.47 Å². The van der Waals surface area contributed by atoms with Crippen molar-refractivity contribution in [3.63, 3.8) is 0 Å². The molecule has 0 spiro atoms. The molecule has 0 radical (unpaired) electrons. The second-order valence-electron chi connectivity index (χ2n) is 6.24. The third kappa shape index (κ3) is 4.81. The summed E-state index contributed by atoms with van der Waals surface area (Å²) in [7, 11) is 1.60. The number of methoxy groups -OCH3 is 1. The van der Waals surface area contributed by atoms with Crippen LogP contribution in [0.1, 0.15) is 23.2 Å². The molecule has 6 heteroatoms. The summed E-state index contributed by atoms with van der Waals surface area (Å²) in [5.74, 6) is 0.563. The van der Waals surface area contributed by atoms with E-state index in [0.717, 1.165) is 30.5 Å². The summed E-state index contributed by atoms with van der Waals surface area (Å²) < 4.78 is 11.5. The molecule has 138 valence electrons. The number of ether oxygens (including phenoxy) is 2. The summed E-state index contributed by atoms with van der Waals surface area (Å²) in [6.07, 6.45) is 1.82. The first-order chi connectivity index (χ1) is 12.6. The molecule has 1 aliphatic rings. The number of carbonyl (C=O) groups is 1. The third-order valence-electron chi connectivity index (χ3n) is 4.47. The minimum absolute atomic E-state index is 0.0550. The van der Waals surface area contributed by atoms with Gasteiger partial charge in [0.1, 0.15) is 5.75 Å². The van der Waals surface area contributed by atoms with E-state index in [2.05, 4.69) is 33.4 Å². The van der Waals surface area contributed by atoms with E-state index < -0.39 is 0 Å². The normalized spacial score (nSPS) is 16.1. The van der Waals surface area contributed by atoms with Gasteiger partial charge in [0, 0.05) is 33.9 Å². The molecule has 1 aliphatic heterocycles. The predicted octanol–water partition coefficient (Wildman–Crippen LogP) is 4.53. The van der Waals surface area contributed by atoms with Crippen molar-refractivity contribution in [3.8, 4) is 5.75 Å². The first kappa shape index (κ1) is 19.3. The van der Waals surface area contributed by atoms with E-state index in [1.807, 2.05) is 42.1 Å². The van der Waals surface area contributed by atoms with Gasteiger partial charge < -0.3 is 14.8 Å². The molecule has 1 saturated heterocycles. The number of rotatable bonds is 6. The van der Waals surface area contributed by atoms with E-state index in [1.165, 1.54) is 4.90 Å². The van der Waals surface area contributed by atoms with Crippen molar-refractivity contribution in [2.24, 2.45) is 0 Å². The number of thioether (sulfide) groups is 1. The monoisotopic (exact) mass is 435 g/mol. The van der Waals surface area contributed by atoms with Crippen molar-refractivity contribution < 1.29 is 14.3 Å². The predicted molar refractivity (Wildman–Crippen MR) is 108 cm³/mol. The Morgan fingerprint density at radius 1 is 1.23 bits per heavy atom. The number of hydrogen-bond acceptors (Lipinski definition) is 4. The SMILES string of the molecule is COc1ccc(Br)c(C(=O)NCC2(Sc3ccccc3)CCOCC2)c1. The molecule has 2 aromatic rings. The van der Waals surface area contributed by atoms with Crippen LogP contribution < -0.4 is 10.1 Å². The van der Waals surface area contributed by atoms with Gasteiger partial charge in [0.15, 0.2) is 0 Å². The Balaban J connectivity index is 1.72. The zero-order valence-corrected chi connectivity index (χ0v) is 17.1. The molecule has 26 heavy (non-hydrogen) atoms. The fourth-order valence-corrected chi connectivity index (χ4v) is 4.67. The van der Waals surface area contributed by atoms with Crippen LogP contribution in [0, 0.1) is 0 Å². The zero-order valence-electron chi connectivity index (χ0n) is 14.7. The number of carbonyl (C=O) groups excluding carboxylic acids is 1. The lowest BCUT2D eigenvalue weighted by Crippen LogP contribution is -2.44. The molecule has 1 N–H and O–H groups in total. The Morgan fingerprint density at radius 2 is 1.96 bits per heavy atom. The maximum atomic E-state index is 12.7. The van der Waals surface area contributed by atoms with E-state index in [-0.39, 0.29) is 10.7 Å². The summed E-state index contributed by atoms with van der Waals surface area (Å²) >= 11 is 5.28. The molecule has 4 nitrogen and oxygen atoms in total. The maximum absolute atomic E-state index is 12.7. The van der Waals surface area contributed by atoms with Gasteiger partial charge in [-0.2, -0.15) is 0 Å². The molecule has 0 aliphatic carbocycles. The second-order valence-corrected chi connectivity index (χ2v) is 8.63. The van der Waals surface area contributed by atoms with Crippen LogP contribution in [0.25, 0.3) is 0 Å². The minimum atomic E-state index is -0.102. The van der Waals surface area contributed by atoms with Gasteiger partial charge in [0.25, 0.3) is 5.91 Å². The highest BCUT2D eigenvalue weighted by Gasteiger charge is 2.34. The fourth-order valence-electron chi connectivity index (χ4n) is 2.94. The molecule has 1 amide bonds. The highest BCUT2D eigenvalue weighted by atomic mass is 79.9. The van der Waals surface area contributed by atoms with Crippen molar-refractivity contribution in [2.45, 2.75) is 22.5 Å². The Bertz CT molecular complexity index is 748. The third-order valence-corrected chi connectivity index (χ3v) is 6.66. The lowest BCUT2D eigenvalue weighted by atomic mass is 9.99. The molecule has 0 aromatic heterocycles. The number of hydrogen-bond donors (Lipinski definition) is 1. The summed E-state index contributed by atoms with van der Waals surface area (Å²) in [5, 5.41) is 3.12. The van der Waals surface area contributed by atoms with Gasteiger partial charge in [-0.1, -0.05) is 18.2 Å². The minimum Gasteiger partial charge on any atom is -0.497 e. The summed E-state index contributed by atoms with van der Waals surface area (Å²) in [6, 6.07) is 15.7. The molecule has 0 unspecified atom stereocenters. The molecule has 3 rings (SSSR count). The molecule has 0 atom stereocenters. The van der Waals surface area contributed by atoms with Gasteiger partial charge in [-0.25, -0.2) is 0 Å². The smallest absolute Gasteiger partial charge is 0.252 e. The van der Waals surface area contributed by atoms with Crippen LogP contribution in [0.3, 0.4) is 0 Å². The number of amides is 1. The Kier molecular flexibility index (Phi) is 6.62. The van der Waals surface area contributed by atoms with Crippen molar-refractivity contribution in [2.75, 3.05) is 26.9 Å². The first-order valence-corrected chi connectivity index (χ1v) is 10.2. The second kappa shape index (κ2) is 8.93. The van der Waals surface area contributed by atoms with Gasteiger partial charge in [-0.3, -0.25) is 4.79 Å². The summed E-state index contributed by atoms with van der Waals surface area (Å²) in [6.45, 7) is 2.04. The van der Waals surface area contributed by atoms with Crippen LogP contribution in [0.4, 0.5) is 0 Å². The topological polar surface area (TPSA) is 47.6 Å². The maximum Gasteiger partial charge on any atom is 0.252 e. The Labute approximate surface area is 166 Å². The van der Waals surface area contributed by atoms with Crippen LogP contribution in [-0.4, -0.2) is 37.5 Å². The standard InChI is InChI=1S/C20H22BrNO3S/c1-24-15-7-8-18(21)17(13-15)19(23)22-14-20(9-11-25-12-10-20)26-16-5-3-2-4-6-16/h2-8,13H,9-12,14H2,1H3,(H,22,23). The van der Waals surface area contributed by atoms with Crippen LogP contribution in [0.15, 0.2) is 57.9 Å². The quantitative estimate of drug-likeness (QED) is 0.723. The average molecular weight is 436 g/mol. The zero-order chi connectivity index (χ0) is 18.4. The molecule has 1 heterocycles. The highest BCUT2D eigenvalue weighted by Crippen LogP contribution is 2.40. The van der Waals surface area contributed by atoms with Gasteiger partial charge >= 0.3 is 0 Å². The van der Waals surface area contributed by atoms with Crippen LogP contribution in [-0.2, 0) is 4.74 Å². The number of benzene rings is 2. The Morgan fingerprint density at radius 3 is 2.65 bits per heavy atom. The molecular weight excluding hydrogens is 414 g/mol. The first-order valence-electron chi connectivity index (χ1n) is 8.55. The highest BCUT2D eigenvalue weighted by molar-refractivity contribution is 9.10. The summed E-state index contributed by atoms with van der Waals surface area (Å²) in [4.78, 5) is 13.9. The molecular formula is C20H22BrNO3S. The van der Waals surface area contributed by atoms with Crippen molar-refractivity contribution in [3.05, 3.63) is 58.6 Å². The lowest BCUT2D eigenvalue weighted by molar-refractivity contribution is 0.0741. The van der Waals surface area contributed by atoms with E-state index in [1.54, 1.807) is 13.2 Å². The van der Waals surface area contributed by atoms with Crippen molar-refractivity contribution in [1.29, 1.82) is 0 Å². The van der Waals surface area contributed by atoms with Crippen molar-refractivity contribution >= 4 is 33.6 Å². The number of halogens is 1. The molecule has 0 saturated carbocycles. The van der Waals surface area contributed by atoms with Crippen LogP contribution in [0.5, 0.6) is 5.75 Å². The van der Waals surface area contributed by atoms with Crippen LogP contribution in [0.2, 0.25) is 0 Å². The number of nitrogens with one attached hydrogen (secondary N) is 1.